The number of hydrogen-bond acceptors (Lipinski definition) is 8. The number of anilines is 2. The first-order valence-corrected chi connectivity index (χ1v) is 16.9. The summed E-state index contributed by atoms with van der Waals surface area (Å²) in [6, 6.07) is 20.0. The second-order valence-corrected chi connectivity index (χ2v) is 11.7. The molecular weight excluding hydrogens is 576 g/mol. The Bertz CT molecular complexity index is 1390. The van der Waals surface area contributed by atoms with Gasteiger partial charge in [0.1, 0.15) is 23.3 Å². The Morgan fingerprint density at radius 1 is 0.826 bits per heavy atom. The van der Waals surface area contributed by atoms with E-state index in [1.807, 2.05) is 24.3 Å². The summed E-state index contributed by atoms with van der Waals surface area (Å²) in [5.74, 6) is 1.35. The molecule has 9 nitrogen and oxygen atoms in total. The van der Waals surface area contributed by atoms with E-state index < -0.39 is 11.6 Å². The number of benzene rings is 3. The molecule has 1 unspecified atom stereocenters. The fourth-order valence-corrected chi connectivity index (χ4v) is 6.51. The molecular formula is C37H52N6O3. The van der Waals surface area contributed by atoms with Gasteiger partial charge in [-0.15, -0.1) is 0 Å². The third-order valence-electron chi connectivity index (χ3n) is 9.06. The van der Waals surface area contributed by atoms with Crippen LogP contribution < -0.4 is 36.6 Å². The van der Waals surface area contributed by atoms with Crippen LogP contribution in [0.5, 0.6) is 11.5 Å². The predicted molar refractivity (Wildman–Crippen MR) is 188 cm³/mol. The number of nitrogens with two attached hydrogens (primary N) is 2. The van der Waals surface area contributed by atoms with Crippen LogP contribution in [0.15, 0.2) is 60.7 Å². The van der Waals surface area contributed by atoms with Gasteiger partial charge in [0.2, 0.25) is 5.91 Å². The monoisotopic (exact) mass is 628 g/mol. The quantitative estimate of drug-likeness (QED) is 0.113. The number of ether oxygens (including phenoxy) is 1. The minimum atomic E-state index is -0.882. The summed E-state index contributed by atoms with van der Waals surface area (Å²) >= 11 is 0. The largest absolute Gasteiger partial charge is 0.456 e. The molecule has 0 aromatic heterocycles. The highest BCUT2D eigenvalue weighted by Gasteiger charge is 2.45. The van der Waals surface area contributed by atoms with Gasteiger partial charge in [0.15, 0.2) is 0 Å². The smallest absolute Gasteiger partial charge is 0.236 e. The average molecular weight is 629 g/mol. The molecule has 0 bridgehead atoms. The maximum Gasteiger partial charge on any atom is 0.236 e. The molecule has 0 saturated heterocycles. The van der Waals surface area contributed by atoms with E-state index in [1.54, 1.807) is 0 Å². The summed E-state index contributed by atoms with van der Waals surface area (Å²) in [7, 11) is 0. The number of fused-ring (bicyclic) bond motifs is 2. The van der Waals surface area contributed by atoms with Crippen LogP contribution in [0.2, 0.25) is 0 Å². The summed E-state index contributed by atoms with van der Waals surface area (Å²) < 4.78 is 6.75. The molecule has 248 valence electrons. The minimum Gasteiger partial charge on any atom is -0.456 e. The van der Waals surface area contributed by atoms with Crippen molar-refractivity contribution in [3.8, 4) is 11.5 Å². The van der Waals surface area contributed by atoms with Crippen molar-refractivity contribution in [3.05, 3.63) is 82.9 Å². The van der Waals surface area contributed by atoms with Gasteiger partial charge in [-0.1, -0.05) is 42.8 Å². The zero-order valence-corrected chi connectivity index (χ0v) is 28.0. The molecule has 0 spiro atoms. The molecule has 3 aromatic rings. The lowest BCUT2D eigenvalue weighted by molar-refractivity contribution is -0.122. The first-order chi connectivity index (χ1) is 22.4. The van der Waals surface area contributed by atoms with Gasteiger partial charge >= 0.3 is 0 Å². The van der Waals surface area contributed by atoms with Crippen molar-refractivity contribution in [2.24, 2.45) is 11.5 Å². The number of carbonyl (C=O) groups excluding carboxylic acids is 2. The van der Waals surface area contributed by atoms with Crippen LogP contribution >= 0.6 is 0 Å². The number of unbranched alkanes of at least 4 members (excludes halogenated alkanes) is 1. The van der Waals surface area contributed by atoms with Crippen molar-refractivity contribution in [2.75, 3.05) is 55.6 Å². The third-order valence-corrected chi connectivity index (χ3v) is 9.06. The van der Waals surface area contributed by atoms with Crippen molar-refractivity contribution in [1.82, 2.24) is 10.6 Å². The third kappa shape index (κ3) is 7.38. The molecule has 0 radical (unpaired) electrons. The lowest BCUT2D eigenvalue weighted by Crippen LogP contribution is -2.48. The predicted octanol–water partition coefficient (Wildman–Crippen LogP) is 5.14. The molecule has 1 aliphatic rings. The first kappa shape index (κ1) is 34.9. The normalized spacial score (nSPS) is 13.6. The first-order valence-electron chi connectivity index (χ1n) is 16.9. The molecule has 1 aliphatic heterocycles. The summed E-state index contributed by atoms with van der Waals surface area (Å²) in [5.41, 5.74) is 16.3. The van der Waals surface area contributed by atoms with Gasteiger partial charge in [-0.25, -0.2) is 0 Å². The van der Waals surface area contributed by atoms with Crippen LogP contribution in [-0.4, -0.2) is 64.0 Å². The topological polar surface area (TPSA) is 126 Å². The van der Waals surface area contributed by atoms with Crippen molar-refractivity contribution >= 4 is 23.6 Å². The zero-order valence-electron chi connectivity index (χ0n) is 28.0. The Kier molecular flexibility index (Phi) is 12.6. The van der Waals surface area contributed by atoms with E-state index in [0.29, 0.717) is 38.0 Å². The number of nitrogens with one attached hydrogen (secondary N) is 2. The summed E-state index contributed by atoms with van der Waals surface area (Å²) in [6.45, 7) is 13.7. The Balaban J connectivity index is 1.77. The summed E-state index contributed by atoms with van der Waals surface area (Å²) in [5, 5.41) is 6.87. The Morgan fingerprint density at radius 3 is 1.96 bits per heavy atom. The van der Waals surface area contributed by atoms with E-state index in [4.69, 9.17) is 16.2 Å². The van der Waals surface area contributed by atoms with Crippen molar-refractivity contribution < 1.29 is 14.3 Å². The van der Waals surface area contributed by atoms with E-state index in [9.17, 15) is 9.59 Å². The number of hydrogen-bond donors (Lipinski definition) is 4. The Hall–Kier alpha value is -3.92. The van der Waals surface area contributed by atoms with Crippen molar-refractivity contribution in [3.63, 3.8) is 0 Å². The molecule has 0 saturated carbocycles. The molecule has 1 atom stereocenters. The van der Waals surface area contributed by atoms with Gasteiger partial charge in [-0.05, 0) is 77.7 Å². The molecule has 3 aromatic carbocycles. The van der Waals surface area contributed by atoms with E-state index >= 15 is 0 Å². The SMILES string of the molecule is CCN(CC)c1ccc2c(c1)Oc1cc(N(CC)CC)ccc1C2(NCCCNC(=O)C(N)CCCCN)c1ccccc1C=O. The fourth-order valence-electron chi connectivity index (χ4n) is 6.51. The fraction of sp³-hybridized carbons (Fsp3) is 0.459. The second-order valence-electron chi connectivity index (χ2n) is 11.7. The number of amides is 1. The average Bonchev–Trinajstić information content (AvgIpc) is 3.08. The van der Waals surface area contributed by atoms with Gasteiger partial charge in [0.05, 0.1) is 6.04 Å². The zero-order chi connectivity index (χ0) is 33.1. The Labute approximate surface area is 274 Å². The molecule has 0 aliphatic carbocycles. The lowest BCUT2D eigenvalue weighted by Gasteiger charge is -2.43. The molecule has 0 fully saturated rings. The number of carbonyl (C=O) groups is 2. The maximum absolute atomic E-state index is 12.6. The van der Waals surface area contributed by atoms with Crippen LogP contribution in [0.3, 0.4) is 0 Å². The van der Waals surface area contributed by atoms with Gasteiger partial charge in [0, 0.05) is 72.9 Å². The molecule has 6 N–H and O–H groups in total. The van der Waals surface area contributed by atoms with Gasteiger partial charge in [-0.2, -0.15) is 0 Å². The van der Waals surface area contributed by atoms with E-state index in [1.165, 1.54) is 0 Å². The summed E-state index contributed by atoms with van der Waals surface area (Å²) in [4.78, 5) is 29.8. The van der Waals surface area contributed by atoms with Crippen LogP contribution in [-0.2, 0) is 10.3 Å². The highest BCUT2D eigenvalue weighted by Crippen LogP contribution is 2.52. The molecule has 46 heavy (non-hydrogen) atoms. The molecule has 9 heteroatoms. The minimum absolute atomic E-state index is 0.146. The van der Waals surface area contributed by atoms with Gasteiger partial charge in [0.25, 0.3) is 0 Å². The standard InChI is InChI=1S/C37H52N6O3/c1-5-42(6-2)28-17-19-31-34(24-28)46-35-25-29(43(7-3)8-4)18-20-32(35)37(31,30-15-10-9-14-27(30)26-44)41-23-13-22-40-36(45)33(39)16-11-12-21-38/h9-10,14-15,17-20,24-26,33,41H,5-8,11-13,16,21-23,38-39H2,1-4H3,(H,40,45). The number of aldehydes is 1. The summed E-state index contributed by atoms with van der Waals surface area (Å²) in [6.07, 6.45) is 3.89. The van der Waals surface area contributed by atoms with Crippen molar-refractivity contribution in [2.45, 2.75) is 65.0 Å². The van der Waals surface area contributed by atoms with Crippen molar-refractivity contribution in [1.29, 1.82) is 0 Å². The van der Waals surface area contributed by atoms with Gasteiger partial charge < -0.3 is 31.3 Å². The van der Waals surface area contributed by atoms with Crippen LogP contribution in [0, 0.1) is 0 Å². The van der Waals surface area contributed by atoms with Crippen LogP contribution in [0.1, 0.15) is 80.4 Å². The van der Waals surface area contributed by atoms with E-state index in [2.05, 4.69) is 84.5 Å². The van der Waals surface area contributed by atoms with Gasteiger partial charge in [-0.3, -0.25) is 14.9 Å². The second kappa shape index (κ2) is 16.6. The Morgan fingerprint density at radius 2 is 1.41 bits per heavy atom. The number of nitrogens with zero attached hydrogens (tertiary/aromatic N) is 2. The maximum atomic E-state index is 12.6. The molecule has 1 heterocycles. The van der Waals surface area contributed by atoms with E-state index in [-0.39, 0.29) is 5.91 Å². The van der Waals surface area contributed by atoms with E-state index in [0.717, 1.165) is 84.9 Å². The van der Waals surface area contributed by atoms with Crippen LogP contribution in [0.4, 0.5) is 11.4 Å². The number of rotatable bonds is 18. The molecule has 1 amide bonds. The molecule has 4 rings (SSSR count). The highest BCUT2D eigenvalue weighted by molar-refractivity contribution is 5.82. The van der Waals surface area contributed by atoms with Crippen LogP contribution in [0.25, 0.3) is 0 Å². The highest BCUT2D eigenvalue weighted by atomic mass is 16.5. The lowest BCUT2D eigenvalue weighted by atomic mass is 9.73.